The van der Waals surface area contributed by atoms with Crippen molar-refractivity contribution < 1.29 is 9.47 Å². The number of aromatic amines is 1. The SMILES string of the molecule is COc1cc2nc(CN(C)Cc3ccccc3-c3ccccc3)[nH]c(=O)c2cc1OC. The molecule has 6 nitrogen and oxygen atoms in total. The highest BCUT2D eigenvalue weighted by molar-refractivity contribution is 5.81. The van der Waals surface area contributed by atoms with Crippen LogP contribution in [-0.4, -0.2) is 36.1 Å². The summed E-state index contributed by atoms with van der Waals surface area (Å²) in [4.78, 5) is 22.3. The third kappa shape index (κ3) is 4.44. The lowest BCUT2D eigenvalue weighted by Gasteiger charge is -2.19. The van der Waals surface area contributed by atoms with E-state index in [4.69, 9.17) is 9.47 Å². The van der Waals surface area contributed by atoms with Gasteiger partial charge in [0.1, 0.15) is 5.82 Å². The van der Waals surface area contributed by atoms with Gasteiger partial charge in [0, 0.05) is 12.6 Å². The number of rotatable bonds is 7. The van der Waals surface area contributed by atoms with Gasteiger partial charge in [-0.15, -0.1) is 0 Å². The molecule has 158 valence electrons. The average molecular weight is 415 g/mol. The van der Waals surface area contributed by atoms with Gasteiger partial charge >= 0.3 is 0 Å². The Morgan fingerprint density at radius 3 is 2.32 bits per heavy atom. The molecule has 0 fully saturated rings. The van der Waals surface area contributed by atoms with Gasteiger partial charge in [-0.05, 0) is 29.8 Å². The Morgan fingerprint density at radius 1 is 0.903 bits per heavy atom. The van der Waals surface area contributed by atoms with Crippen molar-refractivity contribution >= 4 is 10.9 Å². The van der Waals surface area contributed by atoms with E-state index in [1.165, 1.54) is 16.7 Å². The number of ether oxygens (including phenoxy) is 2. The molecule has 0 atom stereocenters. The summed E-state index contributed by atoms with van der Waals surface area (Å²) >= 11 is 0. The van der Waals surface area contributed by atoms with Crippen molar-refractivity contribution in [3.8, 4) is 22.6 Å². The maximum absolute atomic E-state index is 12.6. The Morgan fingerprint density at radius 2 is 1.58 bits per heavy atom. The molecule has 0 saturated carbocycles. The van der Waals surface area contributed by atoms with Crippen molar-refractivity contribution in [1.82, 2.24) is 14.9 Å². The summed E-state index contributed by atoms with van der Waals surface area (Å²) in [6.07, 6.45) is 0. The first-order chi connectivity index (χ1) is 15.1. The van der Waals surface area contributed by atoms with E-state index in [9.17, 15) is 4.79 Å². The Labute approximate surface area is 181 Å². The topological polar surface area (TPSA) is 67.5 Å². The van der Waals surface area contributed by atoms with Gasteiger partial charge < -0.3 is 14.5 Å². The van der Waals surface area contributed by atoms with Crippen molar-refractivity contribution in [2.45, 2.75) is 13.1 Å². The van der Waals surface area contributed by atoms with Crippen molar-refractivity contribution in [3.05, 3.63) is 88.5 Å². The number of hydrogen-bond donors (Lipinski definition) is 1. The minimum atomic E-state index is -0.195. The highest BCUT2D eigenvalue weighted by Crippen LogP contribution is 2.30. The van der Waals surface area contributed by atoms with Crippen LogP contribution in [0.15, 0.2) is 71.5 Å². The van der Waals surface area contributed by atoms with E-state index in [1.54, 1.807) is 26.4 Å². The van der Waals surface area contributed by atoms with Crippen LogP contribution in [0.5, 0.6) is 11.5 Å². The summed E-state index contributed by atoms with van der Waals surface area (Å²) in [7, 11) is 5.12. The second-order valence-corrected chi connectivity index (χ2v) is 7.43. The lowest BCUT2D eigenvalue weighted by molar-refractivity contribution is 0.311. The largest absolute Gasteiger partial charge is 0.493 e. The highest BCUT2D eigenvalue weighted by Gasteiger charge is 2.13. The molecule has 1 N–H and O–H groups in total. The Kier molecular flexibility index (Phi) is 6.00. The molecule has 1 aromatic heterocycles. The molecule has 0 radical (unpaired) electrons. The highest BCUT2D eigenvalue weighted by atomic mass is 16.5. The van der Waals surface area contributed by atoms with Crippen molar-refractivity contribution in [2.24, 2.45) is 0 Å². The third-order valence-corrected chi connectivity index (χ3v) is 5.22. The van der Waals surface area contributed by atoms with E-state index < -0.39 is 0 Å². The van der Waals surface area contributed by atoms with Crippen LogP contribution >= 0.6 is 0 Å². The van der Waals surface area contributed by atoms with E-state index in [-0.39, 0.29) is 5.56 Å². The van der Waals surface area contributed by atoms with Crippen LogP contribution in [0.3, 0.4) is 0 Å². The lowest BCUT2D eigenvalue weighted by Crippen LogP contribution is -2.22. The van der Waals surface area contributed by atoms with Crippen LogP contribution < -0.4 is 15.0 Å². The Bertz CT molecular complexity index is 1250. The van der Waals surface area contributed by atoms with Crippen molar-refractivity contribution in [1.29, 1.82) is 0 Å². The van der Waals surface area contributed by atoms with E-state index in [0.29, 0.717) is 34.8 Å². The van der Waals surface area contributed by atoms with E-state index in [1.807, 2.05) is 31.3 Å². The van der Waals surface area contributed by atoms with Crippen LogP contribution in [-0.2, 0) is 13.1 Å². The van der Waals surface area contributed by atoms with Gasteiger partial charge in [-0.2, -0.15) is 0 Å². The standard InChI is InChI=1S/C25H25N3O3/c1-28(15-18-11-7-8-12-19(18)17-9-5-4-6-10-17)16-24-26-21-14-23(31-3)22(30-2)13-20(21)25(29)27-24/h4-14H,15-16H2,1-3H3,(H,26,27,29). The Balaban J connectivity index is 1.60. The van der Waals surface area contributed by atoms with Gasteiger partial charge in [0.05, 0.1) is 31.7 Å². The second kappa shape index (κ2) is 9.02. The van der Waals surface area contributed by atoms with Crippen LogP contribution in [0.1, 0.15) is 11.4 Å². The fourth-order valence-electron chi connectivity index (χ4n) is 3.75. The molecule has 4 aromatic rings. The van der Waals surface area contributed by atoms with Gasteiger partial charge in [0.2, 0.25) is 0 Å². The normalized spacial score (nSPS) is 11.1. The molecule has 0 saturated heterocycles. The number of nitrogens with zero attached hydrogens (tertiary/aromatic N) is 2. The number of hydrogen-bond acceptors (Lipinski definition) is 5. The molecule has 0 aliphatic rings. The average Bonchev–Trinajstić information content (AvgIpc) is 2.79. The molecule has 1 heterocycles. The number of aromatic nitrogens is 2. The van der Waals surface area contributed by atoms with Crippen molar-refractivity contribution in [2.75, 3.05) is 21.3 Å². The van der Waals surface area contributed by atoms with Gasteiger partial charge in [-0.25, -0.2) is 4.98 Å². The van der Waals surface area contributed by atoms with E-state index in [0.717, 1.165) is 6.54 Å². The third-order valence-electron chi connectivity index (χ3n) is 5.22. The first kappa shape index (κ1) is 20.6. The van der Waals surface area contributed by atoms with Crippen LogP contribution in [0.2, 0.25) is 0 Å². The molecule has 0 amide bonds. The first-order valence-electron chi connectivity index (χ1n) is 10.1. The lowest BCUT2D eigenvalue weighted by atomic mass is 9.99. The summed E-state index contributed by atoms with van der Waals surface area (Å²) in [5.41, 5.74) is 3.98. The van der Waals surface area contributed by atoms with Crippen LogP contribution in [0.25, 0.3) is 22.0 Å². The molecule has 0 bridgehead atoms. The molecule has 0 aliphatic carbocycles. The predicted molar refractivity (Wildman–Crippen MR) is 123 cm³/mol. The first-order valence-corrected chi connectivity index (χ1v) is 10.1. The minimum absolute atomic E-state index is 0.195. The number of fused-ring (bicyclic) bond motifs is 1. The van der Waals surface area contributed by atoms with E-state index in [2.05, 4.69) is 45.2 Å². The predicted octanol–water partition coefficient (Wildman–Crippen LogP) is 4.24. The summed E-state index contributed by atoms with van der Waals surface area (Å²) in [5, 5.41) is 0.471. The van der Waals surface area contributed by atoms with Gasteiger partial charge in [0.15, 0.2) is 11.5 Å². The van der Waals surface area contributed by atoms with Crippen molar-refractivity contribution in [3.63, 3.8) is 0 Å². The number of methoxy groups -OCH3 is 2. The maximum Gasteiger partial charge on any atom is 0.258 e. The van der Waals surface area contributed by atoms with Gasteiger partial charge in [0.25, 0.3) is 5.56 Å². The minimum Gasteiger partial charge on any atom is -0.493 e. The van der Waals surface area contributed by atoms with Gasteiger partial charge in [-0.1, -0.05) is 54.6 Å². The van der Waals surface area contributed by atoms with Crippen LogP contribution in [0, 0.1) is 0 Å². The fourth-order valence-corrected chi connectivity index (χ4v) is 3.75. The molecule has 0 unspecified atom stereocenters. The smallest absolute Gasteiger partial charge is 0.258 e. The maximum atomic E-state index is 12.6. The summed E-state index contributed by atoms with van der Waals surface area (Å²) < 4.78 is 10.6. The molecule has 3 aromatic carbocycles. The molecule has 4 rings (SSSR count). The number of benzene rings is 3. The summed E-state index contributed by atoms with van der Waals surface area (Å²) in [6.45, 7) is 1.22. The molecular formula is C25H25N3O3. The van der Waals surface area contributed by atoms with E-state index >= 15 is 0 Å². The molecular weight excluding hydrogens is 390 g/mol. The zero-order chi connectivity index (χ0) is 21.8. The molecule has 31 heavy (non-hydrogen) atoms. The van der Waals surface area contributed by atoms with Gasteiger partial charge in [-0.3, -0.25) is 9.69 Å². The zero-order valence-corrected chi connectivity index (χ0v) is 17.9. The second-order valence-electron chi connectivity index (χ2n) is 7.43. The molecule has 0 spiro atoms. The number of nitrogens with one attached hydrogen (secondary N) is 1. The summed E-state index contributed by atoms with van der Waals surface area (Å²) in [5.74, 6) is 1.65. The quantitative estimate of drug-likeness (QED) is 0.489. The number of H-pyrrole nitrogens is 1. The monoisotopic (exact) mass is 415 g/mol. The zero-order valence-electron chi connectivity index (χ0n) is 17.9. The molecule has 6 heteroatoms. The van der Waals surface area contributed by atoms with Crippen LogP contribution in [0.4, 0.5) is 0 Å². The summed E-state index contributed by atoms with van der Waals surface area (Å²) in [6, 6.07) is 22.1. The molecule has 0 aliphatic heterocycles. The fraction of sp³-hybridized carbons (Fsp3) is 0.200. The Hall–Kier alpha value is -3.64.